The van der Waals surface area contributed by atoms with Gasteiger partial charge in [0.15, 0.2) is 0 Å². The summed E-state index contributed by atoms with van der Waals surface area (Å²) in [6.45, 7) is 6.43. The number of aliphatic hydroxyl groups excluding tert-OH is 1. The van der Waals surface area contributed by atoms with Gasteiger partial charge < -0.3 is 14.7 Å². The number of nitrogens with zero attached hydrogens (tertiary/aromatic N) is 3. The normalized spacial score (nSPS) is 19.5. The highest BCUT2D eigenvalue weighted by Crippen LogP contribution is 2.44. The summed E-state index contributed by atoms with van der Waals surface area (Å²) in [4.78, 5) is 31.1. The molecule has 2 aliphatic rings. The first-order valence-electron chi connectivity index (χ1n) is 15.5. The van der Waals surface area contributed by atoms with Gasteiger partial charge in [-0.05, 0) is 48.6 Å². The van der Waals surface area contributed by atoms with Gasteiger partial charge in [0.2, 0.25) is 5.91 Å². The monoisotopic (exact) mass is 581 g/mol. The summed E-state index contributed by atoms with van der Waals surface area (Å²) in [5.74, 6) is -0.108. The Bertz CT molecular complexity index is 1270. The van der Waals surface area contributed by atoms with Crippen LogP contribution in [0.5, 0.6) is 0 Å². The Morgan fingerprint density at radius 2 is 1.47 bits per heavy atom. The Morgan fingerprint density at radius 1 is 0.884 bits per heavy atom. The molecule has 1 amide bonds. The Morgan fingerprint density at radius 3 is 2.00 bits per heavy atom. The molecule has 0 bridgehead atoms. The number of amides is 1. The summed E-state index contributed by atoms with van der Waals surface area (Å²) < 4.78 is 5.01. The topological polar surface area (TPSA) is 73.3 Å². The molecule has 43 heavy (non-hydrogen) atoms. The molecule has 1 N–H and O–H groups in total. The lowest BCUT2D eigenvalue weighted by molar-refractivity contribution is -0.143. The third-order valence-electron chi connectivity index (χ3n) is 8.66. The number of rotatable bonds is 11. The molecule has 0 aromatic heterocycles. The minimum absolute atomic E-state index is 0.0774. The van der Waals surface area contributed by atoms with Gasteiger partial charge in [0.1, 0.15) is 0 Å². The van der Waals surface area contributed by atoms with Gasteiger partial charge >= 0.3 is 5.97 Å². The van der Waals surface area contributed by atoms with Crippen LogP contribution in [-0.4, -0.2) is 90.2 Å². The number of hydrogen-bond acceptors (Lipinski definition) is 6. The number of carbonyl (C=O) groups excluding carboxylic acids is 2. The maximum Gasteiger partial charge on any atom is 0.305 e. The van der Waals surface area contributed by atoms with Crippen LogP contribution in [0.25, 0.3) is 0 Å². The first kappa shape index (κ1) is 30.7. The van der Waals surface area contributed by atoms with E-state index in [4.69, 9.17) is 4.74 Å². The third kappa shape index (κ3) is 7.07. The van der Waals surface area contributed by atoms with Crippen LogP contribution in [-0.2, 0) is 19.9 Å². The van der Waals surface area contributed by atoms with Crippen LogP contribution in [0.3, 0.4) is 0 Å². The number of piperazine rings is 1. The fourth-order valence-electron chi connectivity index (χ4n) is 6.49. The van der Waals surface area contributed by atoms with Crippen molar-refractivity contribution in [1.29, 1.82) is 0 Å². The van der Waals surface area contributed by atoms with Gasteiger partial charge in [-0.15, -0.1) is 0 Å². The standard InChI is InChI=1S/C36H43N3O4/c1-2-43-35(42)19-12-22-37-25-26-38(34(41)28-37)23-20-29-27-39(24-21-33(29)40)36(30-13-6-3-7-14-30,31-15-8-4-9-16-31)32-17-10-5-11-18-32/h3-11,13-18,20,33,40H,2,12,19,21-28H2,1H3/b29-20+. The molecule has 2 aliphatic heterocycles. The van der Waals surface area contributed by atoms with Crippen molar-refractivity contribution in [1.82, 2.24) is 14.7 Å². The van der Waals surface area contributed by atoms with E-state index in [2.05, 4.69) is 88.7 Å². The van der Waals surface area contributed by atoms with Crippen molar-refractivity contribution in [2.45, 2.75) is 37.8 Å². The van der Waals surface area contributed by atoms with E-state index in [0.717, 1.165) is 18.7 Å². The van der Waals surface area contributed by atoms with E-state index in [1.165, 1.54) is 16.7 Å². The lowest BCUT2D eigenvalue weighted by Gasteiger charge is -2.48. The van der Waals surface area contributed by atoms with E-state index in [9.17, 15) is 14.7 Å². The zero-order valence-electron chi connectivity index (χ0n) is 25.1. The third-order valence-corrected chi connectivity index (χ3v) is 8.66. The lowest BCUT2D eigenvalue weighted by atomic mass is 9.74. The van der Waals surface area contributed by atoms with Crippen LogP contribution in [0.2, 0.25) is 0 Å². The van der Waals surface area contributed by atoms with Gasteiger partial charge in [0.05, 0.1) is 24.8 Å². The van der Waals surface area contributed by atoms with Gasteiger partial charge in [0, 0.05) is 39.1 Å². The maximum atomic E-state index is 13.0. The number of carbonyl (C=O) groups is 2. The summed E-state index contributed by atoms with van der Waals surface area (Å²) in [5, 5.41) is 11.1. The molecule has 3 aromatic rings. The van der Waals surface area contributed by atoms with Gasteiger partial charge in [-0.1, -0.05) is 97.1 Å². The highest BCUT2D eigenvalue weighted by atomic mass is 16.5. The van der Waals surface area contributed by atoms with Crippen molar-refractivity contribution < 1.29 is 19.4 Å². The number of ether oxygens (including phenoxy) is 1. The Kier molecular flexibility index (Phi) is 10.4. The molecule has 0 spiro atoms. The van der Waals surface area contributed by atoms with Crippen LogP contribution in [0, 0.1) is 0 Å². The Hall–Kier alpha value is -3.78. The molecule has 2 saturated heterocycles. The molecule has 0 saturated carbocycles. The molecule has 0 aliphatic carbocycles. The number of piperidine rings is 1. The minimum Gasteiger partial charge on any atom is -0.466 e. The summed E-state index contributed by atoms with van der Waals surface area (Å²) in [6.07, 6.45) is 3.19. The fourth-order valence-corrected chi connectivity index (χ4v) is 6.49. The summed E-state index contributed by atoms with van der Waals surface area (Å²) >= 11 is 0. The van der Waals surface area contributed by atoms with E-state index < -0.39 is 11.6 Å². The lowest BCUT2D eigenvalue weighted by Crippen LogP contribution is -2.53. The molecule has 5 rings (SSSR count). The molecule has 7 nitrogen and oxygen atoms in total. The zero-order valence-corrected chi connectivity index (χ0v) is 25.1. The Labute approximate surface area is 255 Å². The molecule has 1 unspecified atom stereocenters. The second kappa shape index (κ2) is 14.6. The van der Waals surface area contributed by atoms with Crippen LogP contribution in [0.4, 0.5) is 0 Å². The number of likely N-dealkylation sites (tertiary alicyclic amines) is 1. The molecular weight excluding hydrogens is 538 g/mol. The van der Waals surface area contributed by atoms with Crippen molar-refractivity contribution in [2.75, 3.05) is 52.4 Å². The summed E-state index contributed by atoms with van der Waals surface area (Å²) in [7, 11) is 0. The van der Waals surface area contributed by atoms with E-state index in [1.807, 2.05) is 23.1 Å². The highest BCUT2D eigenvalue weighted by molar-refractivity contribution is 5.79. The average molecular weight is 582 g/mol. The van der Waals surface area contributed by atoms with E-state index in [0.29, 0.717) is 58.6 Å². The van der Waals surface area contributed by atoms with Crippen LogP contribution in [0.1, 0.15) is 42.9 Å². The number of aliphatic hydroxyl groups is 1. The highest BCUT2D eigenvalue weighted by Gasteiger charge is 2.44. The predicted octanol–water partition coefficient (Wildman–Crippen LogP) is 4.46. The zero-order chi connectivity index (χ0) is 30.1. The van der Waals surface area contributed by atoms with Gasteiger partial charge in [-0.3, -0.25) is 19.4 Å². The number of esters is 1. The van der Waals surface area contributed by atoms with Gasteiger partial charge in [-0.25, -0.2) is 0 Å². The average Bonchev–Trinajstić information content (AvgIpc) is 3.04. The minimum atomic E-state index is -0.548. The first-order valence-corrected chi connectivity index (χ1v) is 15.5. The molecule has 226 valence electrons. The van der Waals surface area contributed by atoms with Crippen molar-refractivity contribution in [3.63, 3.8) is 0 Å². The molecule has 2 heterocycles. The summed E-state index contributed by atoms with van der Waals surface area (Å²) in [5.41, 5.74) is 3.93. The van der Waals surface area contributed by atoms with Crippen molar-refractivity contribution in [3.05, 3.63) is 119 Å². The van der Waals surface area contributed by atoms with E-state index in [-0.39, 0.29) is 11.9 Å². The van der Waals surface area contributed by atoms with E-state index in [1.54, 1.807) is 6.92 Å². The van der Waals surface area contributed by atoms with Gasteiger partial charge in [-0.2, -0.15) is 0 Å². The van der Waals surface area contributed by atoms with Crippen molar-refractivity contribution in [2.24, 2.45) is 0 Å². The second-order valence-corrected chi connectivity index (χ2v) is 11.3. The smallest absolute Gasteiger partial charge is 0.305 e. The summed E-state index contributed by atoms with van der Waals surface area (Å²) in [6, 6.07) is 31.9. The second-order valence-electron chi connectivity index (χ2n) is 11.3. The van der Waals surface area contributed by atoms with Crippen molar-refractivity contribution in [3.8, 4) is 0 Å². The molecule has 2 fully saturated rings. The van der Waals surface area contributed by atoms with Crippen LogP contribution >= 0.6 is 0 Å². The largest absolute Gasteiger partial charge is 0.466 e. The molecular formula is C36H43N3O4. The molecule has 0 radical (unpaired) electrons. The molecule has 7 heteroatoms. The van der Waals surface area contributed by atoms with Gasteiger partial charge in [0.25, 0.3) is 0 Å². The number of hydrogen-bond donors (Lipinski definition) is 1. The fraction of sp³-hybridized carbons (Fsp3) is 0.389. The SMILES string of the molecule is CCOC(=O)CCCN1CCN(C/C=C2\CN(C(c3ccccc3)(c3ccccc3)c3ccccc3)CCC2O)C(=O)C1. The predicted molar refractivity (Wildman–Crippen MR) is 168 cm³/mol. The molecule has 1 atom stereocenters. The molecule has 3 aromatic carbocycles. The van der Waals surface area contributed by atoms with Crippen molar-refractivity contribution >= 4 is 11.9 Å². The maximum absolute atomic E-state index is 13.0. The van der Waals surface area contributed by atoms with Crippen LogP contribution < -0.4 is 0 Å². The van der Waals surface area contributed by atoms with E-state index >= 15 is 0 Å². The quantitative estimate of drug-likeness (QED) is 0.205. The van der Waals surface area contributed by atoms with Crippen LogP contribution in [0.15, 0.2) is 103 Å². The number of benzene rings is 3. The first-order chi connectivity index (χ1) is 21.0. The Balaban J connectivity index is 1.35.